The summed E-state index contributed by atoms with van der Waals surface area (Å²) < 4.78 is 5.61. The molecule has 94 valence electrons. The molecule has 2 nitrogen and oxygen atoms in total. The summed E-state index contributed by atoms with van der Waals surface area (Å²) in [5, 5.41) is 3.85. The van der Waals surface area contributed by atoms with Crippen molar-refractivity contribution in [3.8, 4) is 0 Å². The summed E-state index contributed by atoms with van der Waals surface area (Å²) in [5.74, 6) is 1.03. The topological polar surface area (TPSA) is 21.3 Å². The summed E-state index contributed by atoms with van der Waals surface area (Å²) in [4.78, 5) is 0. The van der Waals surface area contributed by atoms with Gasteiger partial charge in [0.1, 0.15) is 0 Å². The Morgan fingerprint density at radius 1 is 1.19 bits per heavy atom. The van der Waals surface area contributed by atoms with E-state index in [1.165, 1.54) is 51.4 Å². The van der Waals surface area contributed by atoms with Gasteiger partial charge in [-0.05, 0) is 31.6 Å². The van der Waals surface area contributed by atoms with Crippen molar-refractivity contribution in [2.75, 3.05) is 7.11 Å². The van der Waals surface area contributed by atoms with Gasteiger partial charge in [-0.15, -0.1) is 0 Å². The number of hydrogen-bond donors (Lipinski definition) is 1. The normalized spacial score (nSPS) is 32.6. The minimum Gasteiger partial charge on any atom is -0.380 e. The molecule has 2 aliphatic rings. The molecular formula is C14H27NO. The number of methoxy groups -OCH3 is 1. The maximum absolute atomic E-state index is 5.61. The highest BCUT2D eigenvalue weighted by Gasteiger charge is 2.29. The zero-order valence-corrected chi connectivity index (χ0v) is 10.9. The average molecular weight is 225 g/mol. The molecule has 16 heavy (non-hydrogen) atoms. The van der Waals surface area contributed by atoms with E-state index in [0.717, 1.165) is 12.0 Å². The molecule has 0 bridgehead atoms. The van der Waals surface area contributed by atoms with Gasteiger partial charge in [0.25, 0.3) is 0 Å². The lowest BCUT2D eigenvalue weighted by Gasteiger charge is -2.34. The maximum Gasteiger partial charge on any atom is 0.0724 e. The van der Waals surface area contributed by atoms with Crippen molar-refractivity contribution in [3.05, 3.63) is 0 Å². The van der Waals surface area contributed by atoms with E-state index in [1.54, 1.807) is 0 Å². The van der Waals surface area contributed by atoms with Crippen molar-refractivity contribution in [2.24, 2.45) is 5.92 Å². The molecule has 0 aromatic heterocycles. The lowest BCUT2D eigenvalue weighted by atomic mass is 9.91. The first-order valence-electron chi connectivity index (χ1n) is 7.12. The molecule has 2 rings (SSSR count). The van der Waals surface area contributed by atoms with Crippen LogP contribution in [0.25, 0.3) is 0 Å². The fraction of sp³-hybridized carbons (Fsp3) is 1.00. The summed E-state index contributed by atoms with van der Waals surface area (Å²) in [6.07, 6.45) is 11.3. The molecule has 1 N–H and O–H groups in total. The Bertz CT molecular complexity index is 203. The van der Waals surface area contributed by atoms with E-state index in [9.17, 15) is 0 Å². The van der Waals surface area contributed by atoms with Crippen LogP contribution >= 0.6 is 0 Å². The molecule has 0 aromatic carbocycles. The average Bonchev–Trinajstić information content (AvgIpc) is 3.13. The number of hydrogen-bond acceptors (Lipinski definition) is 2. The molecule has 0 aromatic rings. The van der Waals surface area contributed by atoms with Crippen molar-refractivity contribution in [3.63, 3.8) is 0 Å². The van der Waals surface area contributed by atoms with Crippen LogP contribution in [0, 0.1) is 5.92 Å². The van der Waals surface area contributed by atoms with Crippen LogP contribution in [-0.2, 0) is 4.74 Å². The van der Waals surface area contributed by atoms with Gasteiger partial charge in [-0.25, -0.2) is 0 Å². The summed E-state index contributed by atoms with van der Waals surface area (Å²) in [7, 11) is 1.87. The van der Waals surface area contributed by atoms with Crippen LogP contribution in [0.5, 0.6) is 0 Å². The monoisotopic (exact) mass is 225 g/mol. The molecule has 3 atom stereocenters. The lowest BCUT2D eigenvalue weighted by molar-refractivity contribution is 0.0368. The third-order valence-electron chi connectivity index (χ3n) is 4.26. The van der Waals surface area contributed by atoms with Gasteiger partial charge in [0.15, 0.2) is 0 Å². The molecule has 0 saturated heterocycles. The molecule has 0 spiro atoms. The van der Waals surface area contributed by atoms with Crippen molar-refractivity contribution in [1.29, 1.82) is 0 Å². The van der Waals surface area contributed by atoms with Crippen molar-refractivity contribution >= 4 is 0 Å². The van der Waals surface area contributed by atoms with E-state index in [1.807, 2.05) is 7.11 Å². The minimum absolute atomic E-state index is 0.460. The van der Waals surface area contributed by atoms with Gasteiger partial charge in [-0.3, -0.25) is 0 Å². The summed E-state index contributed by atoms with van der Waals surface area (Å²) in [6, 6.07) is 1.34. The molecule has 0 heterocycles. The Kier molecular flexibility index (Phi) is 4.66. The van der Waals surface area contributed by atoms with Gasteiger partial charge >= 0.3 is 0 Å². The molecule has 2 saturated carbocycles. The Morgan fingerprint density at radius 3 is 2.56 bits per heavy atom. The Labute approximate surface area is 100 Å². The van der Waals surface area contributed by atoms with Crippen LogP contribution in [0.2, 0.25) is 0 Å². The predicted octanol–water partition coefficient (Wildman–Crippen LogP) is 3.11. The second-order valence-electron chi connectivity index (χ2n) is 5.62. The molecule has 3 unspecified atom stereocenters. The van der Waals surface area contributed by atoms with Crippen LogP contribution in [0.4, 0.5) is 0 Å². The van der Waals surface area contributed by atoms with Gasteiger partial charge in [-0.1, -0.05) is 32.6 Å². The maximum atomic E-state index is 5.61. The van der Waals surface area contributed by atoms with E-state index in [2.05, 4.69) is 12.2 Å². The van der Waals surface area contributed by atoms with Gasteiger partial charge < -0.3 is 10.1 Å². The highest BCUT2D eigenvalue weighted by Crippen LogP contribution is 2.34. The van der Waals surface area contributed by atoms with Crippen molar-refractivity contribution < 1.29 is 4.74 Å². The molecule has 0 aliphatic heterocycles. The first-order valence-corrected chi connectivity index (χ1v) is 7.12. The van der Waals surface area contributed by atoms with Gasteiger partial charge in [0.2, 0.25) is 0 Å². The Hall–Kier alpha value is -0.0800. The number of nitrogens with one attached hydrogen (secondary N) is 1. The van der Waals surface area contributed by atoms with Crippen LogP contribution < -0.4 is 5.32 Å². The molecule has 2 fully saturated rings. The van der Waals surface area contributed by atoms with Crippen LogP contribution in [0.3, 0.4) is 0 Å². The third-order valence-corrected chi connectivity index (χ3v) is 4.26. The second kappa shape index (κ2) is 6.02. The minimum atomic E-state index is 0.460. The van der Waals surface area contributed by atoms with Gasteiger partial charge in [-0.2, -0.15) is 0 Å². The van der Waals surface area contributed by atoms with Gasteiger partial charge in [0, 0.05) is 19.2 Å². The van der Waals surface area contributed by atoms with Gasteiger partial charge in [0.05, 0.1) is 6.10 Å². The quantitative estimate of drug-likeness (QED) is 0.750. The Morgan fingerprint density at radius 2 is 1.94 bits per heavy atom. The molecule has 2 aliphatic carbocycles. The summed E-state index contributed by atoms with van der Waals surface area (Å²) in [6.45, 7) is 2.31. The zero-order chi connectivity index (χ0) is 11.4. The number of ether oxygens (including phenoxy) is 1. The lowest BCUT2D eigenvalue weighted by Crippen LogP contribution is -2.47. The molecule has 0 radical (unpaired) electrons. The largest absolute Gasteiger partial charge is 0.380 e. The fourth-order valence-electron chi connectivity index (χ4n) is 2.98. The fourth-order valence-corrected chi connectivity index (χ4v) is 2.98. The highest BCUT2D eigenvalue weighted by atomic mass is 16.5. The molecule has 2 heteroatoms. The Balaban J connectivity index is 1.79. The van der Waals surface area contributed by atoms with Crippen LogP contribution in [0.1, 0.15) is 58.3 Å². The number of rotatable bonds is 6. The van der Waals surface area contributed by atoms with E-state index < -0.39 is 0 Å². The zero-order valence-electron chi connectivity index (χ0n) is 10.9. The van der Waals surface area contributed by atoms with Crippen molar-refractivity contribution in [1.82, 2.24) is 5.32 Å². The first kappa shape index (κ1) is 12.4. The van der Waals surface area contributed by atoms with E-state index >= 15 is 0 Å². The second-order valence-corrected chi connectivity index (χ2v) is 5.62. The van der Waals surface area contributed by atoms with E-state index in [0.29, 0.717) is 12.1 Å². The van der Waals surface area contributed by atoms with E-state index in [-0.39, 0.29) is 0 Å². The summed E-state index contributed by atoms with van der Waals surface area (Å²) in [5.41, 5.74) is 0. The molecular weight excluding hydrogens is 198 g/mol. The smallest absolute Gasteiger partial charge is 0.0724 e. The highest BCUT2D eigenvalue weighted by molar-refractivity contribution is 4.87. The van der Waals surface area contributed by atoms with Crippen LogP contribution in [0.15, 0.2) is 0 Å². The predicted molar refractivity (Wildman–Crippen MR) is 67.6 cm³/mol. The van der Waals surface area contributed by atoms with E-state index in [4.69, 9.17) is 4.74 Å². The third kappa shape index (κ3) is 3.46. The summed E-state index contributed by atoms with van der Waals surface area (Å²) >= 11 is 0. The standard InChI is InChI=1S/C14H27NO/c1-3-12(10-11-8-9-11)15-13-6-4-5-7-14(13)16-2/h11-15H,3-10H2,1-2H3. The molecule has 0 amide bonds. The first-order chi connectivity index (χ1) is 7.83. The SMILES string of the molecule is CCC(CC1CC1)NC1CCCCC1OC. The van der Waals surface area contributed by atoms with Crippen molar-refractivity contribution in [2.45, 2.75) is 76.5 Å². The van der Waals surface area contributed by atoms with Crippen LogP contribution in [-0.4, -0.2) is 25.3 Å².